The molecule has 0 amide bonds. The molecule has 1 N–H and O–H groups in total. The molecule has 0 aliphatic rings. The molecule has 0 aliphatic carbocycles. The molecule has 6 heteroatoms. The highest BCUT2D eigenvalue weighted by Gasteiger charge is 2.17. The van der Waals surface area contributed by atoms with Gasteiger partial charge in [-0.15, -0.1) is 21.5 Å². The third-order valence-electron chi connectivity index (χ3n) is 2.54. The van der Waals surface area contributed by atoms with Crippen LogP contribution in [0.25, 0.3) is 9.88 Å². The van der Waals surface area contributed by atoms with Crippen LogP contribution in [0.2, 0.25) is 0 Å². The molecule has 2 aromatic rings. The molecule has 2 rings (SSSR count). The molecule has 0 aliphatic heterocycles. The largest absolute Gasteiger partial charge is 0.495 e. The first kappa shape index (κ1) is 12.5. The molecule has 4 nitrogen and oxygen atoms in total. The Morgan fingerprint density at radius 2 is 2.29 bits per heavy atom. The first-order valence-electron chi connectivity index (χ1n) is 5.42. The summed E-state index contributed by atoms with van der Waals surface area (Å²) in [5, 5.41) is 15.7. The number of nitrogens with zero attached hydrogens (tertiary/aromatic N) is 2. The molecule has 2 aromatic heterocycles. The Morgan fingerprint density at radius 1 is 1.47 bits per heavy atom. The summed E-state index contributed by atoms with van der Waals surface area (Å²) in [6, 6.07) is 2.24. The first-order chi connectivity index (χ1) is 8.30. The lowest BCUT2D eigenvalue weighted by Crippen LogP contribution is -2.14. The van der Waals surface area contributed by atoms with Crippen LogP contribution >= 0.6 is 22.7 Å². The van der Waals surface area contributed by atoms with Crippen LogP contribution in [0.4, 0.5) is 0 Å². The van der Waals surface area contributed by atoms with Gasteiger partial charge in [0.1, 0.15) is 15.6 Å². The predicted molar refractivity (Wildman–Crippen MR) is 71.9 cm³/mol. The number of rotatable bonds is 5. The molecule has 0 aromatic carbocycles. The second kappa shape index (κ2) is 5.57. The van der Waals surface area contributed by atoms with Crippen LogP contribution in [0.1, 0.15) is 24.4 Å². The Balaban J connectivity index is 2.29. The number of methoxy groups -OCH3 is 1. The SMILES string of the molecule is CCC(NC)c1nnc(-c2sccc2OC)s1. The molecule has 1 unspecified atom stereocenters. The fourth-order valence-corrected chi connectivity index (χ4v) is 3.57. The number of hydrogen-bond acceptors (Lipinski definition) is 6. The predicted octanol–water partition coefficient (Wildman–Crippen LogP) is 2.95. The molecule has 0 spiro atoms. The van der Waals surface area contributed by atoms with Gasteiger partial charge in [0.2, 0.25) is 0 Å². The second-order valence-corrected chi connectivity index (χ2v) is 5.44. The van der Waals surface area contributed by atoms with Gasteiger partial charge in [0.15, 0.2) is 5.01 Å². The Morgan fingerprint density at radius 3 is 2.94 bits per heavy atom. The maximum Gasteiger partial charge on any atom is 0.161 e. The zero-order chi connectivity index (χ0) is 12.3. The Hall–Kier alpha value is -0.980. The van der Waals surface area contributed by atoms with Crippen molar-refractivity contribution in [3.05, 3.63) is 16.5 Å². The van der Waals surface area contributed by atoms with E-state index in [9.17, 15) is 0 Å². The minimum Gasteiger partial charge on any atom is -0.495 e. The molecule has 0 saturated heterocycles. The van der Waals surface area contributed by atoms with Crippen LogP contribution in [-0.2, 0) is 0 Å². The first-order valence-corrected chi connectivity index (χ1v) is 7.12. The fraction of sp³-hybridized carbons (Fsp3) is 0.455. The van der Waals surface area contributed by atoms with E-state index < -0.39 is 0 Å². The summed E-state index contributed by atoms with van der Waals surface area (Å²) in [6.45, 7) is 2.13. The van der Waals surface area contributed by atoms with Gasteiger partial charge in [0.25, 0.3) is 0 Å². The molecule has 0 radical (unpaired) electrons. The van der Waals surface area contributed by atoms with E-state index >= 15 is 0 Å². The van der Waals surface area contributed by atoms with Crippen molar-refractivity contribution in [2.24, 2.45) is 0 Å². The average Bonchev–Trinajstić information content (AvgIpc) is 2.98. The maximum atomic E-state index is 5.30. The summed E-state index contributed by atoms with van der Waals surface area (Å²) in [5.41, 5.74) is 0. The van der Waals surface area contributed by atoms with E-state index in [1.54, 1.807) is 29.8 Å². The van der Waals surface area contributed by atoms with Gasteiger partial charge in [-0.05, 0) is 24.9 Å². The lowest BCUT2D eigenvalue weighted by atomic mass is 10.2. The van der Waals surface area contributed by atoms with E-state index in [0.29, 0.717) is 0 Å². The molecule has 1 atom stereocenters. The van der Waals surface area contributed by atoms with E-state index in [1.165, 1.54) is 0 Å². The van der Waals surface area contributed by atoms with Gasteiger partial charge >= 0.3 is 0 Å². The lowest BCUT2D eigenvalue weighted by Gasteiger charge is -2.07. The van der Waals surface area contributed by atoms with E-state index in [4.69, 9.17) is 4.74 Å². The number of nitrogens with one attached hydrogen (secondary N) is 1. The molecule has 0 bridgehead atoms. The highest BCUT2D eigenvalue weighted by molar-refractivity contribution is 7.21. The standard InChI is InChI=1S/C11H15N3OS2/c1-4-7(12-2)10-13-14-11(17-10)9-8(15-3)5-6-16-9/h5-7,12H,4H2,1-3H3. The number of ether oxygens (including phenoxy) is 1. The third-order valence-corrected chi connectivity index (χ3v) is 4.62. The summed E-state index contributed by atoms with van der Waals surface area (Å²) >= 11 is 3.25. The highest BCUT2D eigenvalue weighted by atomic mass is 32.1. The van der Waals surface area contributed by atoms with Gasteiger partial charge < -0.3 is 10.1 Å². The van der Waals surface area contributed by atoms with Crippen LogP contribution in [0.5, 0.6) is 5.75 Å². The van der Waals surface area contributed by atoms with Crippen molar-refractivity contribution in [1.29, 1.82) is 0 Å². The van der Waals surface area contributed by atoms with Gasteiger partial charge in [-0.1, -0.05) is 18.3 Å². The molecule has 0 saturated carbocycles. The van der Waals surface area contributed by atoms with Crippen LogP contribution in [0.15, 0.2) is 11.4 Å². The summed E-state index contributed by atoms with van der Waals surface area (Å²) in [6.07, 6.45) is 1.01. The van der Waals surface area contributed by atoms with Crippen LogP contribution < -0.4 is 10.1 Å². The van der Waals surface area contributed by atoms with E-state index in [0.717, 1.165) is 27.1 Å². The van der Waals surface area contributed by atoms with Crippen LogP contribution in [0.3, 0.4) is 0 Å². The molecular formula is C11H15N3OS2. The molecule has 17 heavy (non-hydrogen) atoms. The van der Waals surface area contributed by atoms with Gasteiger partial charge in [-0.25, -0.2) is 0 Å². The smallest absolute Gasteiger partial charge is 0.161 e. The quantitative estimate of drug-likeness (QED) is 0.906. The normalized spacial score (nSPS) is 12.6. The highest BCUT2D eigenvalue weighted by Crippen LogP contribution is 2.37. The van der Waals surface area contributed by atoms with Crippen molar-refractivity contribution in [1.82, 2.24) is 15.5 Å². The zero-order valence-electron chi connectivity index (χ0n) is 10.1. The maximum absolute atomic E-state index is 5.30. The lowest BCUT2D eigenvalue weighted by molar-refractivity contribution is 0.418. The molecule has 0 fully saturated rings. The van der Waals surface area contributed by atoms with Crippen molar-refractivity contribution in [3.63, 3.8) is 0 Å². The van der Waals surface area contributed by atoms with E-state index in [1.807, 2.05) is 18.5 Å². The van der Waals surface area contributed by atoms with E-state index in [-0.39, 0.29) is 6.04 Å². The Kier molecular flexibility index (Phi) is 4.09. The topological polar surface area (TPSA) is 47.0 Å². The van der Waals surface area contributed by atoms with E-state index in [2.05, 4.69) is 22.4 Å². The molecular weight excluding hydrogens is 254 g/mol. The summed E-state index contributed by atoms with van der Waals surface area (Å²) in [5.74, 6) is 0.871. The van der Waals surface area contributed by atoms with Crippen LogP contribution in [0, 0.1) is 0 Å². The van der Waals surface area contributed by atoms with Gasteiger partial charge in [-0.2, -0.15) is 0 Å². The van der Waals surface area contributed by atoms with Gasteiger partial charge in [0, 0.05) is 0 Å². The second-order valence-electron chi connectivity index (χ2n) is 3.51. The number of aromatic nitrogens is 2. The molecule has 92 valence electrons. The van der Waals surface area contributed by atoms with Gasteiger partial charge in [-0.3, -0.25) is 0 Å². The third kappa shape index (κ3) is 2.48. The minimum atomic E-state index is 0.284. The Labute approximate surface area is 109 Å². The zero-order valence-corrected chi connectivity index (χ0v) is 11.7. The summed E-state index contributed by atoms with van der Waals surface area (Å²) in [4.78, 5) is 1.06. The molecule has 2 heterocycles. The summed E-state index contributed by atoms with van der Waals surface area (Å²) in [7, 11) is 3.62. The fourth-order valence-electron chi connectivity index (χ4n) is 1.58. The van der Waals surface area contributed by atoms with Crippen molar-refractivity contribution < 1.29 is 4.74 Å². The average molecular weight is 269 g/mol. The van der Waals surface area contributed by atoms with Crippen molar-refractivity contribution in [2.45, 2.75) is 19.4 Å². The Bertz CT molecular complexity index is 477. The summed E-state index contributed by atoms with van der Waals surface area (Å²) < 4.78 is 5.30. The van der Waals surface area contributed by atoms with Gasteiger partial charge in [0.05, 0.1) is 13.2 Å². The minimum absolute atomic E-state index is 0.284. The van der Waals surface area contributed by atoms with Crippen molar-refractivity contribution in [3.8, 4) is 15.6 Å². The number of hydrogen-bond donors (Lipinski definition) is 1. The van der Waals surface area contributed by atoms with Crippen molar-refractivity contribution >= 4 is 22.7 Å². The van der Waals surface area contributed by atoms with Crippen LogP contribution in [-0.4, -0.2) is 24.4 Å². The number of thiophene rings is 1. The monoisotopic (exact) mass is 269 g/mol. The van der Waals surface area contributed by atoms with Crippen molar-refractivity contribution in [2.75, 3.05) is 14.2 Å².